The minimum atomic E-state index is -2.55. The summed E-state index contributed by atoms with van der Waals surface area (Å²) in [5.74, 6) is 0.446. The standard InChI is InChI=1S/C20H21F2N5O2/c1-9-6-16-26(10(2)7-15(18(21)22)27(16)24-9)20(28)13-8-14(12-4-5-12)23-19-17(13)11(3)25-29-19/h6,8,10,12,15,18H,4-5,7H2,1-3H3/t10-,15+/m1/s1. The lowest BCUT2D eigenvalue weighted by atomic mass is 10.0. The van der Waals surface area contributed by atoms with Crippen LogP contribution in [0.15, 0.2) is 16.7 Å². The van der Waals surface area contributed by atoms with E-state index >= 15 is 0 Å². The van der Waals surface area contributed by atoms with Crippen molar-refractivity contribution in [2.24, 2.45) is 0 Å². The number of halogens is 2. The van der Waals surface area contributed by atoms with Gasteiger partial charge in [0.1, 0.15) is 11.9 Å². The minimum Gasteiger partial charge on any atom is -0.336 e. The molecule has 5 rings (SSSR count). The highest BCUT2D eigenvalue weighted by atomic mass is 19.3. The molecule has 2 aliphatic rings. The zero-order valence-electron chi connectivity index (χ0n) is 16.4. The van der Waals surface area contributed by atoms with Gasteiger partial charge < -0.3 is 4.52 Å². The lowest BCUT2D eigenvalue weighted by Gasteiger charge is -2.37. The molecule has 0 spiro atoms. The number of rotatable bonds is 3. The minimum absolute atomic E-state index is 0.129. The number of pyridine rings is 1. The summed E-state index contributed by atoms with van der Waals surface area (Å²) in [5, 5.41) is 8.80. The van der Waals surface area contributed by atoms with Crippen LogP contribution in [0.25, 0.3) is 11.1 Å². The van der Waals surface area contributed by atoms with Crippen molar-refractivity contribution in [1.82, 2.24) is 19.9 Å². The third-order valence-corrected chi connectivity index (χ3v) is 5.80. The maximum Gasteiger partial charge on any atom is 0.260 e. The molecule has 0 bridgehead atoms. The number of aromatic nitrogens is 4. The Kier molecular flexibility index (Phi) is 3.97. The van der Waals surface area contributed by atoms with Crippen molar-refractivity contribution in [1.29, 1.82) is 0 Å². The van der Waals surface area contributed by atoms with Gasteiger partial charge in [-0.25, -0.2) is 18.4 Å². The lowest BCUT2D eigenvalue weighted by Crippen LogP contribution is -2.46. The molecule has 0 aromatic carbocycles. The Labute approximate surface area is 165 Å². The van der Waals surface area contributed by atoms with Gasteiger partial charge in [-0.2, -0.15) is 5.10 Å². The van der Waals surface area contributed by atoms with Gasteiger partial charge in [0.2, 0.25) is 0 Å². The van der Waals surface area contributed by atoms with Crippen LogP contribution < -0.4 is 4.90 Å². The van der Waals surface area contributed by atoms with Gasteiger partial charge in [0.25, 0.3) is 18.0 Å². The molecule has 3 aromatic heterocycles. The molecule has 7 nitrogen and oxygen atoms in total. The molecule has 9 heteroatoms. The van der Waals surface area contributed by atoms with Gasteiger partial charge >= 0.3 is 0 Å². The van der Waals surface area contributed by atoms with E-state index in [0.29, 0.717) is 39.8 Å². The molecular formula is C20H21F2N5O2. The van der Waals surface area contributed by atoms with E-state index in [9.17, 15) is 13.6 Å². The largest absolute Gasteiger partial charge is 0.336 e. The van der Waals surface area contributed by atoms with Crippen molar-refractivity contribution in [2.75, 3.05) is 4.90 Å². The zero-order valence-corrected chi connectivity index (χ0v) is 16.4. The van der Waals surface area contributed by atoms with Gasteiger partial charge in [-0.3, -0.25) is 9.69 Å². The number of anilines is 1. The van der Waals surface area contributed by atoms with Gasteiger partial charge in [-0.1, -0.05) is 5.16 Å². The molecule has 3 aromatic rings. The Balaban J connectivity index is 1.65. The normalized spacial score (nSPS) is 21.8. The van der Waals surface area contributed by atoms with E-state index in [1.54, 1.807) is 31.7 Å². The summed E-state index contributed by atoms with van der Waals surface area (Å²) in [7, 11) is 0. The van der Waals surface area contributed by atoms with E-state index in [0.717, 1.165) is 18.5 Å². The van der Waals surface area contributed by atoms with Crippen molar-refractivity contribution >= 4 is 22.8 Å². The maximum absolute atomic E-state index is 13.7. The first-order chi connectivity index (χ1) is 13.8. The summed E-state index contributed by atoms with van der Waals surface area (Å²) in [6, 6.07) is 2.04. The third-order valence-electron chi connectivity index (χ3n) is 5.80. The highest BCUT2D eigenvalue weighted by Crippen LogP contribution is 2.42. The number of carbonyl (C=O) groups is 1. The van der Waals surface area contributed by atoms with Crippen LogP contribution in [-0.2, 0) is 0 Å². The highest BCUT2D eigenvalue weighted by molar-refractivity contribution is 6.13. The summed E-state index contributed by atoms with van der Waals surface area (Å²) in [4.78, 5) is 19.8. The van der Waals surface area contributed by atoms with Gasteiger partial charge in [0, 0.05) is 23.7 Å². The number of nitrogens with zero attached hydrogens (tertiary/aromatic N) is 5. The number of amides is 1. The first-order valence-electron chi connectivity index (χ1n) is 9.80. The molecule has 1 fully saturated rings. The third kappa shape index (κ3) is 2.82. The smallest absolute Gasteiger partial charge is 0.260 e. The highest BCUT2D eigenvalue weighted by Gasteiger charge is 2.40. The fourth-order valence-electron chi connectivity index (χ4n) is 4.22. The van der Waals surface area contributed by atoms with Crippen LogP contribution >= 0.6 is 0 Å². The molecule has 0 N–H and O–H groups in total. The summed E-state index contributed by atoms with van der Waals surface area (Å²) in [6.45, 7) is 5.29. The SMILES string of the molecule is Cc1cc2n(n1)[C@H](C(F)F)C[C@@H](C)N2C(=O)c1cc(C2CC2)nc2onc(C)c12. The van der Waals surface area contributed by atoms with Crippen LogP contribution in [0.3, 0.4) is 0 Å². The van der Waals surface area contributed by atoms with Crippen molar-refractivity contribution in [3.63, 3.8) is 0 Å². The number of hydrogen-bond acceptors (Lipinski definition) is 5. The second kappa shape index (κ2) is 6.33. The summed E-state index contributed by atoms with van der Waals surface area (Å²) in [6.07, 6.45) is -0.366. The molecular weight excluding hydrogens is 380 g/mol. The van der Waals surface area contributed by atoms with Crippen molar-refractivity contribution in [3.05, 3.63) is 34.8 Å². The molecule has 1 saturated carbocycles. The molecule has 4 heterocycles. The van der Waals surface area contributed by atoms with E-state index in [4.69, 9.17) is 4.52 Å². The van der Waals surface area contributed by atoms with Crippen LogP contribution in [0.4, 0.5) is 14.6 Å². The first-order valence-corrected chi connectivity index (χ1v) is 9.80. The number of carbonyl (C=O) groups excluding carboxylic acids is 1. The fourth-order valence-corrected chi connectivity index (χ4v) is 4.22. The Morgan fingerprint density at radius 3 is 2.72 bits per heavy atom. The van der Waals surface area contributed by atoms with Crippen LogP contribution in [0, 0.1) is 13.8 Å². The predicted octanol–water partition coefficient (Wildman–Crippen LogP) is 4.16. The molecule has 152 valence electrons. The number of fused-ring (bicyclic) bond motifs is 2. The predicted molar refractivity (Wildman–Crippen MR) is 101 cm³/mol. The molecule has 29 heavy (non-hydrogen) atoms. The van der Waals surface area contributed by atoms with E-state index in [1.807, 2.05) is 6.07 Å². The molecule has 0 radical (unpaired) electrons. The van der Waals surface area contributed by atoms with Crippen LogP contribution in [0.5, 0.6) is 0 Å². The van der Waals surface area contributed by atoms with Crippen molar-refractivity contribution in [3.8, 4) is 0 Å². The average molecular weight is 401 g/mol. The summed E-state index contributed by atoms with van der Waals surface area (Å²) < 4.78 is 33.9. The number of hydrogen-bond donors (Lipinski definition) is 0. The maximum atomic E-state index is 13.7. The van der Waals surface area contributed by atoms with Crippen molar-refractivity contribution in [2.45, 2.75) is 64.5 Å². The van der Waals surface area contributed by atoms with Gasteiger partial charge in [-0.15, -0.1) is 0 Å². The number of aryl methyl sites for hydroxylation is 2. The Hall–Kier alpha value is -2.84. The van der Waals surface area contributed by atoms with E-state index < -0.39 is 18.5 Å². The Bertz CT molecular complexity index is 1120. The molecule has 1 aliphatic carbocycles. The van der Waals surface area contributed by atoms with Gasteiger partial charge in [0.15, 0.2) is 0 Å². The first kappa shape index (κ1) is 18.2. The zero-order chi connectivity index (χ0) is 20.4. The molecule has 0 saturated heterocycles. The van der Waals surface area contributed by atoms with E-state index in [1.165, 1.54) is 4.68 Å². The van der Waals surface area contributed by atoms with E-state index in [-0.39, 0.29) is 12.3 Å². The second-order valence-corrected chi connectivity index (χ2v) is 8.07. The van der Waals surface area contributed by atoms with Crippen LogP contribution in [0.1, 0.15) is 65.6 Å². The van der Waals surface area contributed by atoms with Gasteiger partial charge in [-0.05, 0) is 46.1 Å². The average Bonchev–Trinajstić information content (AvgIpc) is 3.36. The topological polar surface area (TPSA) is 77.0 Å². The summed E-state index contributed by atoms with van der Waals surface area (Å²) >= 11 is 0. The lowest BCUT2D eigenvalue weighted by molar-refractivity contribution is 0.0609. The number of alkyl halides is 2. The van der Waals surface area contributed by atoms with Crippen LogP contribution in [-0.4, -0.2) is 38.3 Å². The fraction of sp³-hybridized carbons (Fsp3) is 0.500. The Morgan fingerprint density at radius 1 is 1.28 bits per heavy atom. The molecule has 0 unspecified atom stereocenters. The van der Waals surface area contributed by atoms with Gasteiger partial charge in [0.05, 0.1) is 22.3 Å². The molecule has 1 amide bonds. The Morgan fingerprint density at radius 2 is 2.03 bits per heavy atom. The van der Waals surface area contributed by atoms with E-state index in [2.05, 4.69) is 15.2 Å². The van der Waals surface area contributed by atoms with Crippen LogP contribution in [0.2, 0.25) is 0 Å². The monoisotopic (exact) mass is 401 g/mol. The molecule has 1 aliphatic heterocycles. The summed E-state index contributed by atoms with van der Waals surface area (Å²) in [5.41, 5.74) is 2.78. The van der Waals surface area contributed by atoms with Crippen molar-refractivity contribution < 1.29 is 18.1 Å². The molecule has 2 atom stereocenters. The quantitative estimate of drug-likeness (QED) is 0.659. The second-order valence-electron chi connectivity index (χ2n) is 8.07.